The molecule has 0 saturated heterocycles. The second-order valence-electron chi connectivity index (χ2n) is 5.33. The van der Waals surface area contributed by atoms with E-state index in [9.17, 15) is 0 Å². The van der Waals surface area contributed by atoms with E-state index in [-0.39, 0.29) is 0 Å². The van der Waals surface area contributed by atoms with Gasteiger partial charge in [0.25, 0.3) is 0 Å². The van der Waals surface area contributed by atoms with Crippen LogP contribution in [0.15, 0.2) is 18.2 Å². The Hall–Kier alpha value is -0.820. The quantitative estimate of drug-likeness (QED) is 0.815. The van der Waals surface area contributed by atoms with Gasteiger partial charge in [-0.25, -0.2) is 0 Å². The van der Waals surface area contributed by atoms with Crippen LogP contribution in [0.5, 0.6) is 0 Å². The van der Waals surface area contributed by atoms with Crippen LogP contribution < -0.4 is 5.32 Å². The molecule has 88 valence electrons. The zero-order valence-corrected chi connectivity index (χ0v) is 10.7. The maximum Gasteiger partial charge on any atom is 0.00818 e. The SMILES string of the molecule is Cc1ccc(CC(C)NC2CCC2)c(C)c1. The van der Waals surface area contributed by atoms with Crippen molar-refractivity contribution >= 4 is 0 Å². The van der Waals surface area contributed by atoms with E-state index in [1.807, 2.05) is 0 Å². The summed E-state index contributed by atoms with van der Waals surface area (Å²) < 4.78 is 0. The monoisotopic (exact) mass is 217 g/mol. The van der Waals surface area contributed by atoms with Gasteiger partial charge < -0.3 is 5.32 Å². The third-order valence-corrected chi connectivity index (χ3v) is 3.65. The van der Waals surface area contributed by atoms with Crippen molar-refractivity contribution in [3.8, 4) is 0 Å². The van der Waals surface area contributed by atoms with Crippen LogP contribution in [0.4, 0.5) is 0 Å². The van der Waals surface area contributed by atoms with Crippen molar-refractivity contribution in [3.05, 3.63) is 34.9 Å². The zero-order valence-electron chi connectivity index (χ0n) is 10.7. The molecule has 1 saturated carbocycles. The first-order valence-electron chi connectivity index (χ1n) is 6.47. The molecule has 1 N–H and O–H groups in total. The third-order valence-electron chi connectivity index (χ3n) is 3.65. The largest absolute Gasteiger partial charge is 0.311 e. The van der Waals surface area contributed by atoms with E-state index in [1.54, 1.807) is 0 Å². The number of nitrogens with one attached hydrogen (secondary N) is 1. The molecular weight excluding hydrogens is 194 g/mol. The van der Waals surface area contributed by atoms with E-state index in [1.165, 1.54) is 36.0 Å². The summed E-state index contributed by atoms with van der Waals surface area (Å²) in [6.07, 6.45) is 5.31. The summed E-state index contributed by atoms with van der Waals surface area (Å²) in [6.45, 7) is 6.68. The molecule has 1 aromatic rings. The summed E-state index contributed by atoms with van der Waals surface area (Å²) in [5, 5.41) is 3.71. The molecule has 1 aliphatic rings. The average Bonchev–Trinajstić information content (AvgIpc) is 2.16. The lowest BCUT2D eigenvalue weighted by molar-refractivity contribution is 0.310. The molecule has 0 bridgehead atoms. The van der Waals surface area contributed by atoms with Gasteiger partial charge in [-0.05, 0) is 51.2 Å². The van der Waals surface area contributed by atoms with Gasteiger partial charge in [-0.3, -0.25) is 0 Å². The van der Waals surface area contributed by atoms with Crippen LogP contribution in [0, 0.1) is 13.8 Å². The molecule has 0 spiro atoms. The second-order valence-corrected chi connectivity index (χ2v) is 5.33. The smallest absolute Gasteiger partial charge is 0.00818 e. The summed E-state index contributed by atoms with van der Waals surface area (Å²) in [5.74, 6) is 0. The highest BCUT2D eigenvalue weighted by Crippen LogP contribution is 2.20. The van der Waals surface area contributed by atoms with Gasteiger partial charge in [-0.2, -0.15) is 0 Å². The van der Waals surface area contributed by atoms with Gasteiger partial charge in [0.1, 0.15) is 0 Å². The number of aryl methyl sites for hydroxylation is 2. The summed E-state index contributed by atoms with van der Waals surface area (Å²) in [7, 11) is 0. The fraction of sp³-hybridized carbons (Fsp3) is 0.600. The molecule has 1 aliphatic carbocycles. The Kier molecular flexibility index (Phi) is 3.65. The minimum absolute atomic E-state index is 0.603. The molecule has 0 radical (unpaired) electrons. The number of rotatable bonds is 4. The predicted molar refractivity (Wildman–Crippen MR) is 69.9 cm³/mol. The lowest BCUT2D eigenvalue weighted by atomic mass is 9.91. The molecule has 0 aromatic heterocycles. The van der Waals surface area contributed by atoms with Crippen molar-refractivity contribution in [1.82, 2.24) is 5.32 Å². The standard InChI is InChI=1S/C15H23N/c1-11-7-8-14(12(2)9-11)10-13(3)16-15-5-4-6-15/h7-9,13,15-16H,4-6,10H2,1-3H3. The number of benzene rings is 1. The molecule has 1 heteroatoms. The van der Waals surface area contributed by atoms with Gasteiger partial charge in [0.15, 0.2) is 0 Å². The number of hydrogen-bond acceptors (Lipinski definition) is 1. The lowest BCUT2D eigenvalue weighted by Crippen LogP contribution is -2.41. The molecule has 1 fully saturated rings. The second kappa shape index (κ2) is 5.01. The highest BCUT2D eigenvalue weighted by atomic mass is 15.0. The Balaban J connectivity index is 1.91. The Labute approximate surface area is 99.3 Å². The molecule has 0 heterocycles. The van der Waals surface area contributed by atoms with Crippen molar-refractivity contribution in [3.63, 3.8) is 0 Å². The zero-order chi connectivity index (χ0) is 11.5. The minimum Gasteiger partial charge on any atom is -0.311 e. The molecule has 1 nitrogen and oxygen atoms in total. The number of hydrogen-bond donors (Lipinski definition) is 1. The first-order valence-corrected chi connectivity index (χ1v) is 6.47. The Bertz CT molecular complexity index is 352. The normalized spacial score (nSPS) is 18.2. The van der Waals surface area contributed by atoms with Crippen molar-refractivity contribution in [2.75, 3.05) is 0 Å². The summed E-state index contributed by atoms with van der Waals surface area (Å²) in [6, 6.07) is 8.18. The topological polar surface area (TPSA) is 12.0 Å². The van der Waals surface area contributed by atoms with E-state index in [0.29, 0.717) is 6.04 Å². The first kappa shape index (κ1) is 11.7. The first-order chi connectivity index (χ1) is 7.65. The molecule has 0 aliphatic heterocycles. The Morgan fingerprint density at radius 1 is 1.31 bits per heavy atom. The average molecular weight is 217 g/mol. The van der Waals surface area contributed by atoms with Crippen molar-refractivity contribution < 1.29 is 0 Å². The van der Waals surface area contributed by atoms with Gasteiger partial charge in [-0.15, -0.1) is 0 Å². The summed E-state index contributed by atoms with van der Waals surface area (Å²) >= 11 is 0. The van der Waals surface area contributed by atoms with Crippen LogP contribution in [0.2, 0.25) is 0 Å². The van der Waals surface area contributed by atoms with Crippen LogP contribution in [0.25, 0.3) is 0 Å². The van der Waals surface area contributed by atoms with E-state index >= 15 is 0 Å². The highest BCUT2D eigenvalue weighted by molar-refractivity contribution is 5.30. The van der Waals surface area contributed by atoms with Crippen molar-refractivity contribution in [2.45, 2.75) is 58.5 Å². The van der Waals surface area contributed by atoms with Crippen LogP contribution in [-0.2, 0) is 6.42 Å². The van der Waals surface area contributed by atoms with Crippen LogP contribution in [0.1, 0.15) is 42.9 Å². The Morgan fingerprint density at radius 2 is 2.06 bits per heavy atom. The molecule has 16 heavy (non-hydrogen) atoms. The molecule has 1 aromatic carbocycles. The van der Waals surface area contributed by atoms with Crippen molar-refractivity contribution in [1.29, 1.82) is 0 Å². The molecule has 1 atom stereocenters. The van der Waals surface area contributed by atoms with Gasteiger partial charge in [0.2, 0.25) is 0 Å². The Morgan fingerprint density at radius 3 is 2.62 bits per heavy atom. The van der Waals surface area contributed by atoms with E-state index in [2.05, 4.69) is 44.3 Å². The molecule has 1 unspecified atom stereocenters. The minimum atomic E-state index is 0.603. The molecule has 0 amide bonds. The summed E-state index contributed by atoms with van der Waals surface area (Å²) in [4.78, 5) is 0. The van der Waals surface area contributed by atoms with Gasteiger partial charge in [0.05, 0.1) is 0 Å². The van der Waals surface area contributed by atoms with E-state index in [0.717, 1.165) is 12.5 Å². The van der Waals surface area contributed by atoms with Gasteiger partial charge >= 0.3 is 0 Å². The van der Waals surface area contributed by atoms with Gasteiger partial charge in [-0.1, -0.05) is 30.2 Å². The summed E-state index contributed by atoms with van der Waals surface area (Å²) in [5.41, 5.74) is 4.29. The fourth-order valence-electron chi connectivity index (χ4n) is 2.44. The van der Waals surface area contributed by atoms with Crippen LogP contribution in [-0.4, -0.2) is 12.1 Å². The van der Waals surface area contributed by atoms with Gasteiger partial charge in [0, 0.05) is 12.1 Å². The predicted octanol–water partition coefficient (Wildman–Crippen LogP) is 3.38. The van der Waals surface area contributed by atoms with Crippen LogP contribution >= 0.6 is 0 Å². The third kappa shape index (κ3) is 2.85. The molecule has 2 rings (SSSR count). The van der Waals surface area contributed by atoms with Crippen LogP contribution in [0.3, 0.4) is 0 Å². The highest BCUT2D eigenvalue weighted by Gasteiger charge is 2.19. The fourth-order valence-corrected chi connectivity index (χ4v) is 2.44. The molecular formula is C15H23N. The lowest BCUT2D eigenvalue weighted by Gasteiger charge is -2.30. The van der Waals surface area contributed by atoms with E-state index < -0.39 is 0 Å². The van der Waals surface area contributed by atoms with Crippen molar-refractivity contribution in [2.24, 2.45) is 0 Å². The van der Waals surface area contributed by atoms with E-state index in [4.69, 9.17) is 0 Å². The maximum absolute atomic E-state index is 3.71. The maximum atomic E-state index is 3.71.